The molecule has 4 aromatic carbocycles. The van der Waals surface area contributed by atoms with Crippen LogP contribution in [0.25, 0.3) is 11.2 Å². The van der Waals surface area contributed by atoms with Gasteiger partial charge in [0.15, 0.2) is 32.3 Å². The van der Waals surface area contributed by atoms with E-state index in [2.05, 4.69) is 101 Å². The third kappa shape index (κ3) is 12.6. The van der Waals surface area contributed by atoms with E-state index < -0.39 is 58.5 Å². The molecule has 0 aliphatic carbocycles. The lowest BCUT2D eigenvalue weighted by Gasteiger charge is -2.44. The number of aromatic amines is 1. The van der Waals surface area contributed by atoms with Gasteiger partial charge in [-0.3, -0.25) is 24.5 Å². The van der Waals surface area contributed by atoms with Crippen molar-refractivity contribution in [3.8, 4) is 17.6 Å². The zero-order valence-corrected chi connectivity index (χ0v) is 46.6. The summed E-state index contributed by atoms with van der Waals surface area (Å²) in [7, 11) is -2.86. The van der Waals surface area contributed by atoms with Crippen molar-refractivity contribution in [2.75, 3.05) is 32.2 Å². The van der Waals surface area contributed by atoms with Crippen LogP contribution in [0.4, 0.5) is 5.95 Å². The van der Waals surface area contributed by atoms with Gasteiger partial charge in [0.1, 0.15) is 35.4 Å². The number of H-pyrrole nitrogens is 1. The van der Waals surface area contributed by atoms with Gasteiger partial charge in [-0.15, -0.1) is 0 Å². The van der Waals surface area contributed by atoms with E-state index >= 15 is 0 Å². The smallest absolute Gasteiger partial charge is 0.280 e. The van der Waals surface area contributed by atoms with Crippen LogP contribution in [-0.4, -0.2) is 95.7 Å². The molecule has 16 nitrogen and oxygen atoms in total. The van der Waals surface area contributed by atoms with E-state index in [4.69, 9.17) is 37.4 Å². The minimum Gasteiger partial charge on any atom is -0.497 e. The van der Waals surface area contributed by atoms with Crippen LogP contribution in [0.15, 0.2) is 120 Å². The Labute approximate surface area is 437 Å². The van der Waals surface area contributed by atoms with Gasteiger partial charge in [-0.05, 0) is 98.3 Å². The molecule has 18 heteroatoms. The summed E-state index contributed by atoms with van der Waals surface area (Å²) in [6.45, 7) is 23.2. The largest absolute Gasteiger partial charge is 0.497 e. The number of benzene rings is 4. The van der Waals surface area contributed by atoms with Crippen molar-refractivity contribution in [2.45, 2.75) is 135 Å². The second-order valence-electron chi connectivity index (χ2n) is 20.8. The highest BCUT2D eigenvalue weighted by molar-refractivity contribution is 7.44. The maximum Gasteiger partial charge on any atom is 0.280 e. The number of carbonyl (C=O) groups excluding carboxylic acids is 1. The molecule has 3 heterocycles. The fourth-order valence-corrected chi connectivity index (χ4v) is 11.7. The maximum absolute atomic E-state index is 13.9. The summed E-state index contributed by atoms with van der Waals surface area (Å²) in [6.07, 6.45) is -1.99. The summed E-state index contributed by atoms with van der Waals surface area (Å²) in [5, 5.41) is 12.0. The highest BCUT2D eigenvalue weighted by atomic mass is 31.2. The number of aromatic nitrogens is 4. The first-order valence-electron chi connectivity index (χ1n) is 25.2. The fraction of sp³-hybridized carbons (Fsp3) is 0.446. The van der Waals surface area contributed by atoms with Gasteiger partial charge in [0.2, 0.25) is 5.95 Å². The topological polar surface area (TPSA) is 184 Å². The summed E-state index contributed by atoms with van der Waals surface area (Å²) in [6, 6.07) is 37.8. The lowest BCUT2D eigenvalue weighted by atomic mass is 9.79. The Morgan fingerprint density at radius 2 is 1.46 bits per heavy atom. The van der Waals surface area contributed by atoms with E-state index in [9.17, 15) is 14.9 Å². The van der Waals surface area contributed by atoms with E-state index in [0.29, 0.717) is 17.4 Å². The van der Waals surface area contributed by atoms with E-state index in [1.807, 2.05) is 109 Å². The van der Waals surface area contributed by atoms with Crippen LogP contribution in [0, 0.1) is 11.3 Å². The molecule has 1 aliphatic heterocycles. The second-order valence-corrected chi connectivity index (χ2v) is 27.0. The first-order chi connectivity index (χ1) is 35.3. The second kappa shape index (κ2) is 24.2. The van der Waals surface area contributed by atoms with Crippen LogP contribution >= 0.6 is 8.53 Å². The van der Waals surface area contributed by atoms with E-state index in [-0.39, 0.29) is 60.5 Å². The number of hydrogen-bond acceptors (Lipinski definition) is 13. The maximum atomic E-state index is 13.9. The molecule has 1 aliphatic rings. The Morgan fingerprint density at radius 1 is 0.865 bits per heavy atom. The standard InChI is InChI=1S/C56H72N7O9PSi/c1-37(2)40-24-28-45(29-25-40)67-35-47(64)59-54-60-51-48(52(65)61-54)58-36-62(51)53-50(72-74(11,12)55(7,8)9)49(46(70-53)34-69-73(68-33-19-32-57)63(38(3)4)39(5)6)71-56(41-20-15-13-16-21-41,42-22-17-14-18-23-42)43-26-30-44(66-10)31-27-43/h13-18,20-31,36-39,46,49-50,53H,19,33-35H2,1-12H3,(H2,59,60,61,64,65)/t46-,49-,50?,53?,73?/m1/s1. The normalized spacial score (nSPS) is 17.8. The van der Waals surface area contributed by atoms with Crippen molar-refractivity contribution in [3.05, 3.63) is 148 Å². The summed E-state index contributed by atoms with van der Waals surface area (Å²) in [5.41, 5.74) is 1.96. The van der Waals surface area contributed by atoms with Gasteiger partial charge >= 0.3 is 0 Å². The number of imidazole rings is 1. The fourth-order valence-electron chi connectivity index (χ4n) is 8.82. The predicted octanol–water partition coefficient (Wildman–Crippen LogP) is 11.2. The zero-order chi connectivity index (χ0) is 53.4. The molecular weight excluding hydrogens is 974 g/mol. The Hall–Kier alpha value is -5.80. The lowest BCUT2D eigenvalue weighted by molar-refractivity contribution is -0.118. The van der Waals surface area contributed by atoms with Gasteiger partial charge in [0.05, 0.1) is 39.1 Å². The first kappa shape index (κ1) is 55.9. The molecule has 7 rings (SSSR count). The lowest BCUT2D eigenvalue weighted by Crippen LogP contribution is -2.52. The van der Waals surface area contributed by atoms with Crippen LogP contribution in [0.5, 0.6) is 11.5 Å². The minimum atomic E-state index is -2.76. The zero-order valence-electron chi connectivity index (χ0n) is 44.7. The molecule has 2 N–H and O–H groups in total. The van der Waals surface area contributed by atoms with Gasteiger partial charge in [0, 0.05) is 12.1 Å². The Bertz CT molecular complexity index is 2820. The number of amides is 1. The predicted molar refractivity (Wildman–Crippen MR) is 291 cm³/mol. The number of rotatable bonds is 23. The van der Waals surface area contributed by atoms with Crippen LogP contribution in [0.2, 0.25) is 18.1 Å². The third-order valence-corrected chi connectivity index (χ3v) is 20.1. The van der Waals surface area contributed by atoms with E-state index in [1.54, 1.807) is 11.7 Å². The van der Waals surface area contributed by atoms with Crippen molar-refractivity contribution >= 4 is 39.9 Å². The summed E-state index contributed by atoms with van der Waals surface area (Å²) in [5.74, 6) is 0.913. The molecule has 2 aromatic heterocycles. The molecule has 6 aromatic rings. The molecule has 0 saturated carbocycles. The number of ether oxygens (including phenoxy) is 4. The highest BCUT2D eigenvalue weighted by Crippen LogP contribution is 2.51. The quantitative estimate of drug-likeness (QED) is 0.0268. The number of nitrogens with zero attached hydrogens (tertiary/aromatic N) is 5. The van der Waals surface area contributed by atoms with Crippen molar-refractivity contribution in [3.63, 3.8) is 0 Å². The first-order valence-corrected chi connectivity index (χ1v) is 29.3. The number of nitriles is 1. The van der Waals surface area contributed by atoms with Crippen LogP contribution < -0.4 is 20.3 Å². The van der Waals surface area contributed by atoms with Crippen molar-refractivity contribution < 1.29 is 37.2 Å². The number of fused-ring (bicyclic) bond motifs is 1. The molecule has 1 amide bonds. The molecule has 394 valence electrons. The third-order valence-electron chi connectivity index (χ3n) is 13.6. The molecule has 3 unspecified atom stereocenters. The Balaban J connectivity index is 1.38. The number of methoxy groups -OCH3 is 1. The Kier molecular flexibility index (Phi) is 18.3. The molecule has 74 heavy (non-hydrogen) atoms. The van der Waals surface area contributed by atoms with Crippen LogP contribution in [-0.2, 0) is 33.3 Å². The number of anilines is 1. The SMILES string of the molecule is COc1ccc(C(O[C@H]2C(O[Si](C)(C)C(C)(C)C)C(n3cnc4c(=O)[nH]c(NC(=O)COc5ccc(C(C)C)cc5)nc43)O[C@@H]2COP(OCCC#N)N(C(C)C)C(C)C)(c2ccccc2)c2ccccc2)cc1. The van der Waals surface area contributed by atoms with Gasteiger partial charge in [0.25, 0.3) is 20.0 Å². The number of carbonyl (C=O) groups is 1. The summed E-state index contributed by atoms with van der Waals surface area (Å²) in [4.78, 5) is 39.4. The van der Waals surface area contributed by atoms with Gasteiger partial charge < -0.3 is 32.4 Å². The summed E-state index contributed by atoms with van der Waals surface area (Å²) < 4.78 is 51.6. The number of nitrogens with one attached hydrogen (secondary N) is 2. The van der Waals surface area contributed by atoms with Crippen molar-refractivity contribution in [1.29, 1.82) is 5.26 Å². The number of hydrogen-bond donors (Lipinski definition) is 2. The van der Waals surface area contributed by atoms with Gasteiger partial charge in [-0.1, -0.05) is 120 Å². The monoisotopic (exact) mass is 1050 g/mol. The highest BCUT2D eigenvalue weighted by Gasteiger charge is 2.56. The van der Waals surface area contributed by atoms with E-state index in [0.717, 1.165) is 22.3 Å². The molecule has 1 fully saturated rings. The minimum absolute atomic E-state index is 0.0245. The molecular formula is C56H72N7O9PSi. The molecule has 1 saturated heterocycles. The molecule has 5 atom stereocenters. The Morgan fingerprint density at radius 3 is 2.01 bits per heavy atom. The van der Waals surface area contributed by atoms with Crippen molar-refractivity contribution in [2.24, 2.45) is 0 Å². The van der Waals surface area contributed by atoms with Crippen molar-refractivity contribution in [1.82, 2.24) is 24.2 Å². The average Bonchev–Trinajstić information content (AvgIpc) is 3.94. The summed E-state index contributed by atoms with van der Waals surface area (Å²) >= 11 is 0. The van der Waals surface area contributed by atoms with Gasteiger partial charge in [-0.25, -0.2) is 9.65 Å². The molecule has 0 bridgehead atoms. The van der Waals surface area contributed by atoms with Crippen LogP contribution in [0.3, 0.4) is 0 Å². The van der Waals surface area contributed by atoms with Crippen LogP contribution in [0.1, 0.15) is 103 Å². The van der Waals surface area contributed by atoms with E-state index in [1.165, 1.54) is 6.33 Å². The molecule has 0 spiro atoms. The van der Waals surface area contributed by atoms with Gasteiger partial charge in [-0.2, -0.15) is 10.2 Å². The average molecular weight is 1050 g/mol. The molecule has 0 radical (unpaired) electrons.